The van der Waals surface area contributed by atoms with Gasteiger partial charge in [-0.1, -0.05) is 12.1 Å². The molecule has 2 atom stereocenters. The Bertz CT molecular complexity index is 879. The molecule has 140 valence electrons. The number of amides is 2. The van der Waals surface area contributed by atoms with Gasteiger partial charge in [-0.3, -0.25) is 4.90 Å². The van der Waals surface area contributed by atoms with E-state index in [1.165, 1.54) is 36.3 Å². The van der Waals surface area contributed by atoms with E-state index in [9.17, 15) is 22.4 Å². The lowest BCUT2D eigenvalue weighted by Crippen LogP contribution is -2.52. The molecule has 9 heteroatoms. The van der Waals surface area contributed by atoms with Gasteiger partial charge in [0.25, 0.3) is 0 Å². The summed E-state index contributed by atoms with van der Waals surface area (Å²) in [6.45, 7) is 1.59. The number of urea groups is 1. The number of hydrogen-bond donors (Lipinski definition) is 1. The highest BCUT2D eigenvalue weighted by atomic mass is 32.2. The quantitative estimate of drug-likeness (QED) is 0.801. The Balaban J connectivity index is 2.05. The Morgan fingerprint density at radius 2 is 1.96 bits per heavy atom. The van der Waals surface area contributed by atoms with Crippen molar-refractivity contribution in [2.24, 2.45) is 0 Å². The highest BCUT2D eigenvalue weighted by Gasteiger charge is 2.42. The molecule has 0 aromatic heterocycles. The molecule has 7 nitrogen and oxygen atoms in total. The Morgan fingerprint density at radius 1 is 1.31 bits per heavy atom. The molecule has 2 heterocycles. The van der Waals surface area contributed by atoms with E-state index >= 15 is 0 Å². The van der Waals surface area contributed by atoms with Gasteiger partial charge in [-0.15, -0.1) is 0 Å². The van der Waals surface area contributed by atoms with Crippen LogP contribution in [0.1, 0.15) is 24.9 Å². The first-order valence-electron chi connectivity index (χ1n) is 8.08. The standard InChI is InChI=1S/C17H19FN2O5S/c1-10-14(16(21)25-2)15(11-3-5-12(18)6-4-11)19-17(22)20(10)13-7-8-26(23,24)9-13/h3-6,13,15H,7-9H2,1-2H3,(H,19,22)/t13-,15-/m1/s1. The van der Waals surface area contributed by atoms with Crippen molar-refractivity contribution in [1.29, 1.82) is 0 Å². The molecule has 1 N–H and O–H groups in total. The van der Waals surface area contributed by atoms with Crippen LogP contribution < -0.4 is 5.32 Å². The summed E-state index contributed by atoms with van der Waals surface area (Å²) >= 11 is 0. The predicted molar refractivity (Wildman–Crippen MR) is 91.3 cm³/mol. The van der Waals surface area contributed by atoms with Crippen molar-refractivity contribution >= 4 is 21.8 Å². The number of halogens is 1. The van der Waals surface area contributed by atoms with Crippen LogP contribution in [-0.2, 0) is 19.4 Å². The summed E-state index contributed by atoms with van der Waals surface area (Å²) in [6.07, 6.45) is 0.308. The van der Waals surface area contributed by atoms with E-state index in [2.05, 4.69) is 5.32 Å². The molecule has 0 saturated carbocycles. The number of nitrogens with zero attached hydrogens (tertiary/aromatic N) is 1. The third-order valence-corrected chi connectivity index (χ3v) is 6.46. The highest BCUT2D eigenvalue weighted by molar-refractivity contribution is 7.91. The van der Waals surface area contributed by atoms with E-state index in [0.29, 0.717) is 17.7 Å². The van der Waals surface area contributed by atoms with Gasteiger partial charge in [-0.05, 0) is 31.0 Å². The van der Waals surface area contributed by atoms with Gasteiger partial charge in [0.2, 0.25) is 0 Å². The van der Waals surface area contributed by atoms with E-state index in [4.69, 9.17) is 4.74 Å². The second-order valence-electron chi connectivity index (χ2n) is 6.35. The van der Waals surface area contributed by atoms with Gasteiger partial charge < -0.3 is 10.1 Å². The molecule has 26 heavy (non-hydrogen) atoms. The van der Waals surface area contributed by atoms with Crippen LogP contribution in [0.15, 0.2) is 35.5 Å². The number of esters is 1. The van der Waals surface area contributed by atoms with E-state index in [1.54, 1.807) is 6.92 Å². The number of allylic oxidation sites excluding steroid dienone is 1. The minimum Gasteiger partial charge on any atom is -0.466 e. The van der Waals surface area contributed by atoms with Gasteiger partial charge in [0.05, 0.1) is 36.3 Å². The molecule has 1 aromatic carbocycles. The molecule has 3 rings (SSSR count). The molecule has 2 aliphatic heterocycles. The average Bonchev–Trinajstić information content (AvgIpc) is 2.94. The SMILES string of the molecule is COC(=O)C1=C(C)N([C@@H]2CCS(=O)(=O)C2)C(=O)N[C@@H]1c1ccc(F)cc1. The number of carbonyl (C=O) groups excluding carboxylic acids is 2. The van der Waals surface area contributed by atoms with Crippen molar-refractivity contribution in [1.82, 2.24) is 10.2 Å². The number of methoxy groups -OCH3 is 1. The minimum atomic E-state index is -3.21. The molecule has 2 amide bonds. The molecule has 0 spiro atoms. The van der Waals surface area contributed by atoms with Crippen LogP contribution >= 0.6 is 0 Å². The largest absolute Gasteiger partial charge is 0.466 e. The third-order valence-electron chi connectivity index (χ3n) is 4.71. The summed E-state index contributed by atoms with van der Waals surface area (Å²) in [7, 11) is -1.98. The van der Waals surface area contributed by atoms with Crippen LogP contribution in [0.2, 0.25) is 0 Å². The van der Waals surface area contributed by atoms with Crippen LogP contribution in [0.4, 0.5) is 9.18 Å². The third kappa shape index (κ3) is 3.31. The van der Waals surface area contributed by atoms with E-state index in [-0.39, 0.29) is 17.1 Å². The lowest BCUT2D eigenvalue weighted by atomic mass is 9.94. The van der Waals surface area contributed by atoms with Gasteiger partial charge in [0.15, 0.2) is 9.84 Å². The van der Waals surface area contributed by atoms with Crippen LogP contribution in [0.3, 0.4) is 0 Å². The molecular weight excluding hydrogens is 363 g/mol. The van der Waals surface area contributed by atoms with Gasteiger partial charge in [-0.25, -0.2) is 22.4 Å². The first-order chi connectivity index (χ1) is 12.2. The van der Waals surface area contributed by atoms with Gasteiger partial charge >= 0.3 is 12.0 Å². The lowest BCUT2D eigenvalue weighted by molar-refractivity contribution is -0.136. The van der Waals surface area contributed by atoms with Crippen molar-refractivity contribution in [3.8, 4) is 0 Å². The maximum absolute atomic E-state index is 13.2. The Hall–Kier alpha value is -2.42. The smallest absolute Gasteiger partial charge is 0.337 e. The summed E-state index contributed by atoms with van der Waals surface area (Å²) in [5.41, 5.74) is 1.07. The zero-order chi connectivity index (χ0) is 19.1. The van der Waals surface area contributed by atoms with Gasteiger partial charge in [0, 0.05) is 5.70 Å². The summed E-state index contributed by atoms with van der Waals surface area (Å²) < 4.78 is 41.6. The Morgan fingerprint density at radius 3 is 2.50 bits per heavy atom. The first kappa shape index (κ1) is 18.4. The zero-order valence-electron chi connectivity index (χ0n) is 14.4. The second kappa shape index (κ2) is 6.71. The van der Waals surface area contributed by atoms with E-state index in [0.717, 1.165) is 0 Å². The van der Waals surface area contributed by atoms with Crippen molar-refractivity contribution in [2.45, 2.75) is 25.4 Å². The van der Waals surface area contributed by atoms with Gasteiger partial charge in [0.1, 0.15) is 5.82 Å². The normalized spacial score (nSPS) is 25.2. The Labute approximate surface area is 150 Å². The summed E-state index contributed by atoms with van der Waals surface area (Å²) in [6, 6.07) is 3.60. The Kier molecular flexibility index (Phi) is 4.74. The monoisotopic (exact) mass is 382 g/mol. The average molecular weight is 382 g/mol. The van der Waals surface area contributed by atoms with E-state index in [1.807, 2.05) is 0 Å². The zero-order valence-corrected chi connectivity index (χ0v) is 15.2. The number of sulfone groups is 1. The van der Waals surface area contributed by atoms with Crippen LogP contribution in [0.25, 0.3) is 0 Å². The summed E-state index contributed by atoms with van der Waals surface area (Å²) in [4.78, 5) is 26.4. The van der Waals surface area contributed by atoms with Crippen LogP contribution in [0.5, 0.6) is 0 Å². The maximum Gasteiger partial charge on any atom is 0.337 e. The highest BCUT2D eigenvalue weighted by Crippen LogP contribution is 2.34. The van der Waals surface area contributed by atoms with Gasteiger partial charge in [-0.2, -0.15) is 0 Å². The number of benzene rings is 1. The molecule has 0 radical (unpaired) electrons. The second-order valence-corrected chi connectivity index (χ2v) is 8.58. The van der Waals surface area contributed by atoms with E-state index < -0.39 is 39.7 Å². The molecule has 1 saturated heterocycles. The predicted octanol–water partition coefficient (Wildman–Crippen LogP) is 1.53. The molecule has 0 aliphatic carbocycles. The fraction of sp³-hybridized carbons (Fsp3) is 0.412. The molecule has 0 bridgehead atoms. The van der Waals surface area contributed by atoms with Crippen molar-refractivity contribution in [3.05, 3.63) is 46.9 Å². The number of hydrogen-bond acceptors (Lipinski definition) is 5. The van der Waals surface area contributed by atoms with Crippen molar-refractivity contribution in [3.63, 3.8) is 0 Å². The number of ether oxygens (including phenoxy) is 1. The number of rotatable bonds is 3. The van der Waals surface area contributed by atoms with Crippen LogP contribution in [0, 0.1) is 5.82 Å². The van der Waals surface area contributed by atoms with Crippen molar-refractivity contribution in [2.75, 3.05) is 18.6 Å². The molecule has 1 fully saturated rings. The topological polar surface area (TPSA) is 92.8 Å². The summed E-state index contributed by atoms with van der Waals surface area (Å²) in [5.74, 6) is -1.21. The van der Waals surface area contributed by atoms with Crippen molar-refractivity contribution < 1.29 is 27.1 Å². The maximum atomic E-state index is 13.2. The fourth-order valence-electron chi connectivity index (χ4n) is 3.46. The fourth-order valence-corrected chi connectivity index (χ4v) is 5.16. The molecule has 1 aromatic rings. The molecule has 2 aliphatic rings. The minimum absolute atomic E-state index is 0.00365. The number of nitrogens with one attached hydrogen (secondary N) is 1. The molecular formula is C17H19FN2O5S. The number of carbonyl (C=O) groups is 2. The summed E-state index contributed by atoms with van der Waals surface area (Å²) in [5, 5.41) is 2.71. The molecule has 0 unspecified atom stereocenters. The first-order valence-corrected chi connectivity index (χ1v) is 9.90. The lowest BCUT2D eigenvalue weighted by Gasteiger charge is -2.38. The van der Waals surface area contributed by atoms with Crippen LogP contribution in [-0.4, -0.2) is 50.0 Å².